The molecule has 68 valence electrons. The summed E-state index contributed by atoms with van der Waals surface area (Å²) in [7, 11) is 1.49. The average molecular weight is 176 g/mol. The summed E-state index contributed by atoms with van der Waals surface area (Å²) in [6, 6.07) is 9.24. The Labute approximate surface area is 77.8 Å². The van der Waals surface area contributed by atoms with E-state index in [4.69, 9.17) is 4.74 Å². The van der Waals surface area contributed by atoms with Gasteiger partial charge in [-0.15, -0.1) is 0 Å². The minimum Gasteiger partial charge on any atom is -0.490 e. The molecule has 1 rings (SSSR count). The number of hydrogen-bond donors (Lipinski definition) is 1. The zero-order valence-electron chi connectivity index (χ0n) is 7.53. The van der Waals surface area contributed by atoms with Crippen LogP contribution in [0.4, 0.5) is 0 Å². The van der Waals surface area contributed by atoms with E-state index < -0.39 is 6.10 Å². The molecule has 13 heavy (non-hydrogen) atoms. The lowest BCUT2D eigenvalue weighted by atomic mass is 10.1. The summed E-state index contributed by atoms with van der Waals surface area (Å²) in [5.41, 5.74) is 3.32. The number of benzene rings is 1. The van der Waals surface area contributed by atoms with Crippen molar-refractivity contribution >= 4 is 0 Å². The Morgan fingerprint density at radius 3 is 2.54 bits per heavy atom. The third kappa shape index (κ3) is 2.22. The van der Waals surface area contributed by atoms with Crippen molar-refractivity contribution in [1.82, 2.24) is 0 Å². The Balaban J connectivity index is 2.91. The summed E-state index contributed by atoms with van der Waals surface area (Å²) in [6.45, 7) is 3.43. The van der Waals surface area contributed by atoms with Gasteiger partial charge in [-0.05, 0) is 5.56 Å². The van der Waals surface area contributed by atoms with Gasteiger partial charge in [0.25, 0.3) is 0 Å². The highest BCUT2D eigenvalue weighted by molar-refractivity contribution is 5.22. The number of rotatable bonds is 3. The molecule has 0 aliphatic rings. The van der Waals surface area contributed by atoms with Crippen molar-refractivity contribution < 1.29 is 9.84 Å². The number of hydrogen-bond acceptors (Lipinski definition) is 2. The molecule has 0 saturated carbocycles. The minimum absolute atomic E-state index is 0.339. The number of aliphatic hydroxyl groups excluding tert-OH is 1. The van der Waals surface area contributed by atoms with E-state index in [0.717, 1.165) is 5.56 Å². The van der Waals surface area contributed by atoms with Crippen molar-refractivity contribution in [3.63, 3.8) is 0 Å². The van der Waals surface area contributed by atoms with Gasteiger partial charge in [0.1, 0.15) is 6.10 Å². The minimum atomic E-state index is -0.774. The van der Waals surface area contributed by atoms with Crippen LogP contribution in [0.2, 0.25) is 0 Å². The van der Waals surface area contributed by atoms with Gasteiger partial charge >= 0.3 is 0 Å². The van der Waals surface area contributed by atoms with Crippen molar-refractivity contribution in [2.75, 3.05) is 7.11 Å². The van der Waals surface area contributed by atoms with Crippen LogP contribution in [0.15, 0.2) is 48.4 Å². The lowest BCUT2D eigenvalue weighted by Crippen LogP contribution is -2.01. The Hall–Kier alpha value is -1.50. The van der Waals surface area contributed by atoms with Crippen molar-refractivity contribution in [2.24, 2.45) is 0 Å². The Morgan fingerprint density at radius 1 is 1.46 bits per heavy atom. The van der Waals surface area contributed by atoms with E-state index >= 15 is 0 Å². The van der Waals surface area contributed by atoms with Crippen molar-refractivity contribution in [3.8, 4) is 0 Å². The second-order valence-electron chi connectivity index (χ2n) is 2.56. The topological polar surface area (TPSA) is 29.5 Å². The largest absolute Gasteiger partial charge is 0.490 e. The van der Waals surface area contributed by atoms with Crippen molar-refractivity contribution in [3.05, 3.63) is 54.0 Å². The van der Waals surface area contributed by atoms with Crippen LogP contribution in [0.1, 0.15) is 11.7 Å². The van der Waals surface area contributed by atoms with Crippen LogP contribution in [0.3, 0.4) is 0 Å². The Kier molecular flexibility index (Phi) is 3.32. The fraction of sp³-hybridized carbons (Fsp3) is 0.182. The number of methoxy groups -OCH3 is 1. The molecule has 2 nitrogen and oxygen atoms in total. The van der Waals surface area contributed by atoms with Crippen LogP contribution >= 0.6 is 0 Å². The molecule has 1 aromatic rings. The van der Waals surface area contributed by atoms with Gasteiger partial charge in [0.15, 0.2) is 5.76 Å². The third-order valence-corrected chi connectivity index (χ3v) is 1.76. The van der Waals surface area contributed by atoms with Gasteiger partial charge in [-0.1, -0.05) is 42.6 Å². The zero-order chi connectivity index (χ0) is 9.68. The van der Waals surface area contributed by atoms with E-state index in [0.29, 0.717) is 5.76 Å². The van der Waals surface area contributed by atoms with Gasteiger partial charge in [0.05, 0.1) is 7.11 Å². The molecule has 0 heterocycles. The molecule has 0 aromatic heterocycles. The average Bonchev–Trinajstić information content (AvgIpc) is 2.21. The van der Waals surface area contributed by atoms with Gasteiger partial charge < -0.3 is 9.84 Å². The van der Waals surface area contributed by atoms with Gasteiger partial charge in [-0.2, -0.15) is 0 Å². The Bertz CT molecular complexity index is 310. The van der Waals surface area contributed by atoms with Crippen LogP contribution in [0.5, 0.6) is 0 Å². The first-order valence-corrected chi connectivity index (χ1v) is 3.96. The van der Waals surface area contributed by atoms with E-state index in [-0.39, 0.29) is 0 Å². The summed E-state index contributed by atoms with van der Waals surface area (Å²) in [6.07, 6.45) is -0.774. The van der Waals surface area contributed by atoms with Gasteiger partial charge in [0, 0.05) is 0 Å². The van der Waals surface area contributed by atoms with E-state index in [9.17, 15) is 5.11 Å². The van der Waals surface area contributed by atoms with Gasteiger partial charge in [-0.3, -0.25) is 0 Å². The maximum atomic E-state index is 9.72. The molecule has 1 aromatic carbocycles. The molecule has 0 spiro atoms. The van der Waals surface area contributed by atoms with E-state index in [1.165, 1.54) is 7.11 Å². The summed E-state index contributed by atoms with van der Waals surface area (Å²) in [5.74, 6) is 0.339. The Morgan fingerprint density at radius 2 is 2.08 bits per heavy atom. The molecule has 1 N–H and O–H groups in total. The molecule has 0 aliphatic heterocycles. The van der Waals surface area contributed by atoms with Gasteiger partial charge in [-0.25, -0.2) is 0 Å². The molecular formula is C11H12O2. The highest BCUT2D eigenvalue weighted by Crippen LogP contribution is 2.20. The highest BCUT2D eigenvalue weighted by atomic mass is 16.5. The number of aliphatic hydroxyl groups is 1. The molecule has 1 unspecified atom stereocenters. The molecule has 0 fully saturated rings. The molecule has 1 atom stereocenters. The normalized spacial score (nSPS) is 11.5. The summed E-state index contributed by atoms with van der Waals surface area (Å²) < 4.78 is 4.91. The first kappa shape index (κ1) is 9.59. The quantitative estimate of drug-likeness (QED) is 0.564. The second kappa shape index (κ2) is 4.51. The monoisotopic (exact) mass is 176 g/mol. The fourth-order valence-corrected chi connectivity index (χ4v) is 1.07. The maximum absolute atomic E-state index is 9.72. The van der Waals surface area contributed by atoms with Crippen LogP contribution in [0.25, 0.3) is 0 Å². The summed E-state index contributed by atoms with van der Waals surface area (Å²) in [5, 5.41) is 9.72. The number of ether oxygens (including phenoxy) is 1. The third-order valence-electron chi connectivity index (χ3n) is 1.76. The predicted molar refractivity (Wildman–Crippen MR) is 51.1 cm³/mol. The first-order valence-electron chi connectivity index (χ1n) is 3.96. The molecule has 0 radical (unpaired) electrons. The SMILES string of the molecule is C=C=C(OC)C(O)c1ccccc1. The van der Waals surface area contributed by atoms with Crippen LogP contribution in [0, 0.1) is 0 Å². The van der Waals surface area contributed by atoms with E-state index in [1.54, 1.807) is 0 Å². The maximum Gasteiger partial charge on any atom is 0.170 e. The lowest BCUT2D eigenvalue weighted by Gasteiger charge is -2.11. The first-order chi connectivity index (χ1) is 6.29. The van der Waals surface area contributed by atoms with E-state index in [2.05, 4.69) is 12.3 Å². The van der Waals surface area contributed by atoms with E-state index in [1.807, 2.05) is 30.3 Å². The highest BCUT2D eigenvalue weighted by Gasteiger charge is 2.12. The van der Waals surface area contributed by atoms with Crippen LogP contribution < -0.4 is 0 Å². The molecular weight excluding hydrogens is 164 g/mol. The fourth-order valence-electron chi connectivity index (χ4n) is 1.07. The smallest absolute Gasteiger partial charge is 0.170 e. The van der Waals surface area contributed by atoms with Crippen LogP contribution in [-0.2, 0) is 4.74 Å². The van der Waals surface area contributed by atoms with Crippen molar-refractivity contribution in [1.29, 1.82) is 0 Å². The molecule has 2 heteroatoms. The zero-order valence-corrected chi connectivity index (χ0v) is 7.53. The molecule has 0 bridgehead atoms. The predicted octanol–water partition coefficient (Wildman–Crippen LogP) is 2.04. The molecule has 0 amide bonds. The molecule has 0 saturated heterocycles. The summed E-state index contributed by atoms with van der Waals surface area (Å²) in [4.78, 5) is 0. The standard InChI is InChI=1S/C11H12O2/c1-3-10(13-2)11(12)9-7-5-4-6-8-9/h4-8,11-12H,1H2,2H3. The van der Waals surface area contributed by atoms with Gasteiger partial charge in [0.2, 0.25) is 0 Å². The summed E-state index contributed by atoms with van der Waals surface area (Å²) >= 11 is 0. The lowest BCUT2D eigenvalue weighted by molar-refractivity contribution is 0.130. The van der Waals surface area contributed by atoms with Crippen LogP contribution in [-0.4, -0.2) is 12.2 Å². The second-order valence-corrected chi connectivity index (χ2v) is 2.56. The molecule has 0 aliphatic carbocycles. The van der Waals surface area contributed by atoms with Crippen molar-refractivity contribution in [2.45, 2.75) is 6.10 Å².